The van der Waals surface area contributed by atoms with E-state index in [0.29, 0.717) is 19.2 Å². The number of halogens is 1. The number of carbonyl (C=O) groups excluding carboxylic acids is 1. The van der Waals surface area contributed by atoms with Crippen LogP contribution in [0.3, 0.4) is 0 Å². The van der Waals surface area contributed by atoms with Gasteiger partial charge in [0.15, 0.2) is 0 Å². The molecule has 0 aliphatic carbocycles. The van der Waals surface area contributed by atoms with Crippen LogP contribution in [-0.4, -0.2) is 49.6 Å². The van der Waals surface area contributed by atoms with Gasteiger partial charge < -0.3 is 15.4 Å². The van der Waals surface area contributed by atoms with Gasteiger partial charge in [-0.15, -0.1) is 12.4 Å². The molecule has 6 heteroatoms. The summed E-state index contributed by atoms with van der Waals surface area (Å²) in [6.07, 6.45) is 3.31. The Morgan fingerprint density at radius 3 is 2.50 bits per heavy atom. The Kier molecular flexibility index (Phi) is 9.76. The van der Waals surface area contributed by atoms with Crippen molar-refractivity contribution in [3.63, 3.8) is 0 Å². The fourth-order valence-electron chi connectivity index (χ4n) is 3.04. The lowest BCUT2D eigenvalue weighted by atomic mass is 10.0. The number of hydrogen-bond acceptors (Lipinski definition) is 4. The Morgan fingerprint density at radius 2 is 1.92 bits per heavy atom. The molecule has 0 bridgehead atoms. The molecule has 2 rings (SSSR count). The van der Waals surface area contributed by atoms with E-state index in [0.717, 1.165) is 50.3 Å². The smallest absolute Gasteiger partial charge is 0.238 e. The molecule has 1 aromatic rings. The van der Waals surface area contributed by atoms with Gasteiger partial charge in [0.05, 0.1) is 13.2 Å². The van der Waals surface area contributed by atoms with Crippen LogP contribution in [0.15, 0.2) is 24.3 Å². The van der Waals surface area contributed by atoms with Crippen molar-refractivity contribution in [1.29, 1.82) is 0 Å². The Morgan fingerprint density at radius 1 is 1.25 bits per heavy atom. The van der Waals surface area contributed by atoms with Gasteiger partial charge in [0.25, 0.3) is 0 Å². The first-order valence-electron chi connectivity index (χ1n) is 8.70. The van der Waals surface area contributed by atoms with E-state index in [9.17, 15) is 4.79 Å². The highest BCUT2D eigenvalue weighted by molar-refractivity contribution is 5.92. The summed E-state index contributed by atoms with van der Waals surface area (Å²) in [5, 5.41) is 6.37. The SMILES string of the molecule is CCCN(CC(=O)Nc1ccc(OCC)cc1)C1CCNCC1.Cl. The molecule has 0 unspecified atom stereocenters. The van der Waals surface area contributed by atoms with Crippen molar-refractivity contribution in [2.75, 3.05) is 38.1 Å². The van der Waals surface area contributed by atoms with E-state index in [-0.39, 0.29) is 18.3 Å². The lowest BCUT2D eigenvalue weighted by molar-refractivity contribution is -0.118. The van der Waals surface area contributed by atoms with Crippen molar-refractivity contribution in [2.45, 2.75) is 39.2 Å². The molecule has 1 aliphatic rings. The summed E-state index contributed by atoms with van der Waals surface area (Å²) in [4.78, 5) is 14.7. The van der Waals surface area contributed by atoms with Crippen LogP contribution < -0.4 is 15.4 Å². The molecule has 1 saturated heterocycles. The van der Waals surface area contributed by atoms with Gasteiger partial charge >= 0.3 is 0 Å². The zero-order chi connectivity index (χ0) is 16.5. The Labute approximate surface area is 151 Å². The second-order valence-corrected chi connectivity index (χ2v) is 5.96. The predicted molar refractivity (Wildman–Crippen MR) is 101 cm³/mol. The summed E-state index contributed by atoms with van der Waals surface area (Å²) in [5.74, 6) is 0.883. The molecule has 136 valence electrons. The number of benzene rings is 1. The molecule has 1 heterocycles. The van der Waals surface area contributed by atoms with E-state index < -0.39 is 0 Å². The van der Waals surface area contributed by atoms with E-state index in [4.69, 9.17) is 4.74 Å². The Hall–Kier alpha value is -1.30. The summed E-state index contributed by atoms with van der Waals surface area (Å²) in [5.41, 5.74) is 0.820. The third-order valence-corrected chi connectivity index (χ3v) is 4.13. The van der Waals surface area contributed by atoms with Crippen LogP contribution in [0.1, 0.15) is 33.1 Å². The monoisotopic (exact) mass is 355 g/mol. The zero-order valence-corrected chi connectivity index (χ0v) is 15.5. The van der Waals surface area contributed by atoms with Gasteiger partial charge in [-0.1, -0.05) is 6.92 Å². The molecule has 1 aromatic carbocycles. The van der Waals surface area contributed by atoms with Gasteiger partial charge in [-0.25, -0.2) is 0 Å². The zero-order valence-electron chi connectivity index (χ0n) is 14.7. The molecule has 5 nitrogen and oxygen atoms in total. The highest BCUT2D eigenvalue weighted by Gasteiger charge is 2.22. The third-order valence-electron chi connectivity index (χ3n) is 4.13. The highest BCUT2D eigenvalue weighted by atomic mass is 35.5. The van der Waals surface area contributed by atoms with E-state index in [2.05, 4.69) is 22.5 Å². The van der Waals surface area contributed by atoms with Crippen LogP contribution >= 0.6 is 12.4 Å². The average Bonchev–Trinajstić information content (AvgIpc) is 2.57. The number of rotatable bonds is 8. The number of hydrogen-bond donors (Lipinski definition) is 2. The molecule has 1 aliphatic heterocycles. The molecule has 0 aromatic heterocycles. The average molecular weight is 356 g/mol. The molecule has 1 amide bonds. The minimum absolute atomic E-state index is 0. The lowest BCUT2D eigenvalue weighted by Gasteiger charge is -2.34. The standard InChI is InChI=1S/C18H29N3O2.ClH/c1-3-13-21(16-9-11-19-12-10-16)14-18(22)20-15-5-7-17(8-6-15)23-4-2;/h5-8,16,19H,3-4,9-14H2,1-2H3,(H,20,22);1H. The van der Waals surface area contributed by atoms with E-state index >= 15 is 0 Å². The van der Waals surface area contributed by atoms with Crippen molar-refractivity contribution in [1.82, 2.24) is 10.2 Å². The lowest BCUT2D eigenvalue weighted by Crippen LogP contribution is -2.46. The van der Waals surface area contributed by atoms with E-state index in [1.54, 1.807) is 0 Å². The van der Waals surface area contributed by atoms with Crippen molar-refractivity contribution in [2.24, 2.45) is 0 Å². The van der Waals surface area contributed by atoms with Crippen LogP contribution in [0.4, 0.5) is 5.69 Å². The van der Waals surface area contributed by atoms with Crippen molar-refractivity contribution in [3.8, 4) is 5.75 Å². The summed E-state index contributed by atoms with van der Waals surface area (Å²) in [6, 6.07) is 8.06. The molecule has 1 fully saturated rings. The van der Waals surface area contributed by atoms with Gasteiger partial charge in [-0.3, -0.25) is 9.69 Å². The number of anilines is 1. The first kappa shape index (κ1) is 20.7. The molecule has 0 atom stereocenters. The molecule has 24 heavy (non-hydrogen) atoms. The number of carbonyl (C=O) groups is 1. The summed E-state index contributed by atoms with van der Waals surface area (Å²) >= 11 is 0. The maximum Gasteiger partial charge on any atom is 0.238 e. The van der Waals surface area contributed by atoms with Crippen molar-refractivity contribution in [3.05, 3.63) is 24.3 Å². The predicted octanol–water partition coefficient (Wildman–Crippen LogP) is 2.91. The molecule has 0 radical (unpaired) electrons. The molecule has 0 saturated carbocycles. The number of piperidine rings is 1. The van der Waals surface area contributed by atoms with Crippen LogP contribution in [0, 0.1) is 0 Å². The second kappa shape index (κ2) is 11.3. The first-order chi connectivity index (χ1) is 11.2. The number of nitrogens with zero attached hydrogens (tertiary/aromatic N) is 1. The first-order valence-corrected chi connectivity index (χ1v) is 8.70. The fraction of sp³-hybridized carbons (Fsp3) is 0.611. The quantitative estimate of drug-likeness (QED) is 0.752. The minimum Gasteiger partial charge on any atom is -0.494 e. The Balaban J connectivity index is 0.00000288. The van der Waals surface area contributed by atoms with Gasteiger partial charge in [-0.05, 0) is 70.1 Å². The maximum atomic E-state index is 12.4. The van der Waals surface area contributed by atoms with Crippen molar-refractivity contribution < 1.29 is 9.53 Å². The minimum atomic E-state index is 0. The van der Waals surface area contributed by atoms with Gasteiger partial charge in [0.1, 0.15) is 5.75 Å². The molecular weight excluding hydrogens is 326 g/mol. The summed E-state index contributed by atoms with van der Waals surface area (Å²) < 4.78 is 5.41. The van der Waals surface area contributed by atoms with Crippen LogP contribution in [-0.2, 0) is 4.79 Å². The number of amides is 1. The largest absolute Gasteiger partial charge is 0.494 e. The van der Waals surface area contributed by atoms with Crippen molar-refractivity contribution >= 4 is 24.0 Å². The molecule has 0 spiro atoms. The van der Waals surface area contributed by atoms with Gasteiger partial charge in [0, 0.05) is 11.7 Å². The topological polar surface area (TPSA) is 53.6 Å². The highest BCUT2D eigenvalue weighted by Crippen LogP contribution is 2.16. The second-order valence-electron chi connectivity index (χ2n) is 5.96. The van der Waals surface area contributed by atoms with Crippen LogP contribution in [0.25, 0.3) is 0 Å². The fourth-order valence-corrected chi connectivity index (χ4v) is 3.04. The van der Waals surface area contributed by atoms with E-state index in [1.807, 2.05) is 31.2 Å². The van der Waals surface area contributed by atoms with Gasteiger partial charge in [-0.2, -0.15) is 0 Å². The number of nitrogens with one attached hydrogen (secondary N) is 2. The maximum absolute atomic E-state index is 12.4. The molecular formula is C18H30ClN3O2. The van der Waals surface area contributed by atoms with Crippen LogP contribution in [0.2, 0.25) is 0 Å². The number of ether oxygens (including phenoxy) is 1. The third kappa shape index (κ3) is 6.67. The summed E-state index contributed by atoms with van der Waals surface area (Å²) in [7, 11) is 0. The summed E-state index contributed by atoms with van der Waals surface area (Å²) in [6.45, 7) is 8.30. The Bertz CT molecular complexity index is 476. The normalized spacial score (nSPS) is 15.0. The van der Waals surface area contributed by atoms with Gasteiger partial charge in [0.2, 0.25) is 5.91 Å². The van der Waals surface area contributed by atoms with Crippen LogP contribution in [0.5, 0.6) is 5.75 Å². The van der Waals surface area contributed by atoms with E-state index in [1.165, 1.54) is 0 Å². The molecule has 2 N–H and O–H groups in total.